The first kappa shape index (κ1) is 22.6. The van der Waals surface area contributed by atoms with Gasteiger partial charge in [-0.3, -0.25) is 4.79 Å². The molecule has 0 bridgehead atoms. The lowest BCUT2D eigenvalue weighted by Gasteiger charge is -2.41. The molecule has 1 aliphatic carbocycles. The van der Waals surface area contributed by atoms with Gasteiger partial charge in [0.25, 0.3) is 0 Å². The molecule has 0 atom stereocenters. The molecule has 1 saturated heterocycles. The molecule has 3 aromatic rings. The number of aromatic amines is 1. The summed E-state index contributed by atoms with van der Waals surface area (Å²) in [5.74, 6) is -0.470. The number of aromatic nitrogens is 1. The van der Waals surface area contributed by atoms with Crippen molar-refractivity contribution in [1.82, 2.24) is 4.98 Å². The highest BCUT2D eigenvalue weighted by atomic mass is 16.6. The zero-order valence-corrected chi connectivity index (χ0v) is 19.4. The smallest absolute Gasteiger partial charge is 0.195 e. The van der Waals surface area contributed by atoms with Crippen LogP contribution in [0.1, 0.15) is 65.9 Å². The van der Waals surface area contributed by atoms with Crippen LogP contribution in [0.4, 0.5) is 0 Å². The Hall–Kier alpha value is -3.18. The van der Waals surface area contributed by atoms with Gasteiger partial charge in [0.15, 0.2) is 11.6 Å². The maximum atomic E-state index is 13.7. The lowest BCUT2D eigenvalue weighted by atomic mass is 9.64. The Balaban J connectivity index is 1.51. The summed E-state index contributed by atoms with van der Waals surface area (Å²) in [5, 5.41) is 19.8. The minimum Gasteiger partial charge on any atom is -0.493 e. The predicted molar refractivity (Wildman–Crippen MR) is 126 cm³/mol. The first-order chi connectivity index (χ1) is 16.3. The topological polar surface area (TPSA) is 105 Å². The summed E-state index contributed by atoms with van der Waals surface area (Å²) in [7, 11) is 0. The van der Waals surface area contributed by atoms with E-state index in [1.807, 2.05) is 30.3 Å². The van der Waals surface area contributed by atoms with Crippen molar-refractivity contribution in [1.29, 1.82) is 5.26 Å². The van der Waals surface area contributed by atoms with Gasteiger partial charge in [0, 0.05) is 47.2 Å². The largest absolute Gasteiger partial charge is 0.493 e. The minimum atomic E-state index is -1.16. The number of nitriles is 1. The third-order valence-corrected chi connectivity index (χ3v) is 6.74. The third-order valence-electron chi connectivity index (χ3n) is 6.74. The number of nitrogens with one attached hydrogen (secondary N) is 1. The monoisotopic (exact) mass is 460 g/mol. The van der Waals surface area contributed by atoms with Gasteiger partial charge >= 0.3 is 0 Å². The Morgan fingerprint density at radius 3 is 2.71 bits per heavy atom. The molecular weight excluding hydrogens is 432 g/mol. The van der Waals surface area contributed by atoms with Crippen LogP contribution in [-0.4, -0.2) is 48.1 Å². The van der Waals surface area contributed by atoms with Gasteiger partial charge in [0.05, 0.1) is 30.4 Å². The molecule has 2 aromatic carbocycles. The number of carbonyl (C=O) groups is 1. The highest BCUT2D eigenvalue weighted by Gasteiger charge is 2.47. The van der Waals surface area contributed by atoms with Gasteiger partial charge in [-0.05, 0) is 62.6 Å². The summed E-state index contributed by atoms with van der Waals surface area (Å²) in [6.45, 7) is 5.23. The molecule has 1 aromatic heterocycles. The van der Waals surface area contributed by atoms with Crippen LogP contribution < -0.4 is 4.74 Å². The number of carbonyl (C=O) groups excluding carboxylic acids is 1. The molecule has 0 saturated carbocycles. The molecule has 1 fully saturated rings. The van der Waals surface area contributed by atoms with Crippen LogP contribution >= 0.6 is 0 Å². The second-order valence-electron chi connectivity index (χ2n) is 9.48. The molecule has 7 nitrogen and oxygen atoms in total. The van der Waals surface area contributed by atoms with Crippen molar-refractivity contribution >= 4 is 16.7 Å². The Kier molecular flexibility index (Phi) is 5.68. The van der Waals surface area contributed by atoms with Gasteiger partial charge < -0.3 is 24.3 Å². The van der Waals surface area contributed by atoms with Gasteiger partial charge in [-0.25, -0.2) is 0 Å². The van der Waals surface area contributed by atoms with E-state index in [4.69, 9.17) is 14.2 Å². The summed E-state index contributed by atoms with van der Waals surface area (Å²) in [5.41, 5.74) is 4.25. The van der Waals surface area contributed by atoms with Crippen LogP contribution in [0.5, 0.6) is 5.75 Å². The van der Waals surface area contributed by atoms with Gasteiger partial charge in [0.1, 0.15) is 5.75 Å². The molecule has 7 heteroatoms. The molecule has 1 aliphatic heterocycles. The lowest BCUT2D eigenvalue weighted by molar-refractivity contribution is -0.176. The Morgan fingerprint density at radius 1 is 1.18 bits per heavy atom. The molecule has 1 spiro atoms. The van der Waals surface area contributed by atoms with Crippen molar-refractivity contribution < 1.29 is 24.1 Å². The van der Waals surface area contributed by atoms with E-state index < -0.39 is 5.79 Å². The Bertz CT molecular complexity index is 1290. The van der Waals surface area contributed by atoms with E-state index in [9.17, 15) is 15.2 Å². The third kappa shape index (κ3) is 3.88. The number of H-pyrrole nitrogens is 1. The van der Waals surface area contributed by atoms with Crippen molar-refractivity contribution in [3.8, 4) is 11.8 Å². The van der Waals surface area contributed by atoms with Crippen molar-refractivity contribution in [2.45, 2.75) is 44.3 Å². The molecule has 0 radical (unpaired) electrons. The predicted octanol–water partition coefficient (Wildman–Crippen LogP) is 4.19. The van der Waals surface area contributed by atoms with E-state index in [-0.39, 0.29) is 11.2 Å². The average molecular weight is 461 g/mol. The summed E-state index contributed by atoms with van der Waals surface area (Å²) in [6.07, 6.45) is 2.13. The average Bonchev–Trinajstić information content (AvgIpc) is 3.22. The summed E-state index contributed by atoms with van der Waals surface area (Å²) in [6, 6.07) is 13.3. The number of ketones is 1. The first-order valence-electron chi connectivity index (χ1n) is 11.6. The normalized spacial score (nSPS) is 16.8. The molecule has 176 valence electrons. The maximum absolute atomic E-state index is 13.7. The molecular formula is C27H28N2O5. The maximum Gasteiger partial charge on any atom is 0.195 e. The van der Waals surface area contributed by atoms with Gasteiger partial charge in [-0.15, -0.1) is 0 Å². The molecule has 0 amide bonds. The van der Waals surface area contributed by atoms with Crippen molar-refractivity contribution in [3.63, 3.8) is 0 Å². The van der Waals surface area contributed by atoms with E-state index in [0.717, 1.165) is 35.0 Å². The van der Waals surface area contributed by atoms with E-state index in [2.05, 4.69) is 11.1 Å². The number of nitrogens with zero attached hydrogens (tertiary/aromatic N) is 1. The van der Waals surface area contributed by atoms with Crippen molar-refractivity contribution in [2.75, 3.05) is 26.4 Å². The second kappa shape index (κ2) is 8.55. The quantitative estimate of drug-likeness (QED) is 0.422. The minimum absolute atomic E-state index is 0.0109. The number of rotatable bonds is 6. The molecule has 2 aliphatic rings. The van der Waals surface area contributed by atoms with E-state index in [1.54, 1.807) is 19.9 Å². The fourth-order valence-electron chi connectivity index (χ4n) is 5.15. The van der Waals surface area contributed by atoms with Gasteiger partial charge in [-0.2, -0.15) is 5.26 Å². The highest BCUT2D eigenvalue weighted by molar-refractivity contribution is 6.20. The summed E-state index contributed by atoms with van der Waals surface area (Å²) >= 11 is 0. The molecule has 0 unspecified atom stereocenters. The fraction of sp³-hybridized carbons (Fsp3) is 0.407. The summed E-state index contributed by atoms with van der Waals surface area (Å²) < 4.78 is 17.0. The number of ether oxygens (including phenoxy) is 3. The highest BCUT2D eigenvalue weighted by Crippen LogP contribution is 2.50. The number of benzene rings is 2. The molecule has 2 heterocycles. The van der Waals surface area contributed by atoms with Crippen LogP contribution in [-0.2, 0) is 14.9 Å². The van der Waals surface area contributed by atoms with Gasteiger partial charge in [0.2, 0.25) is 0 Å². The number of hydrogen-bond acceptors (Lipinski definition) is 6. The van der Waals surface area contributed by atoms with Crippen molar-refractivity contribution in [2.24, 2.45) is 0 Å². The van der Waals surface area contributed by atoms with Crippen LogP contribution in [0.3, 0.4) is 0 Å². The number of aliphatic hydroxyl groups is 1. The second-order valence-corrected chi connectivity index (χ2v) is 9.48. The molecule has 2 N–H and O–H groups in total. The van der Waals surface area contributed by atoms with E-state index in [1.165, 1.54) is 0 Å². The Morgan fingerprint density at radius 2 is 1.97 bits per heavy atom. The zero-order valence-electron chi connectivity index (χ0n) is 19.4. The van der Waals surface area contributed by atoms with Crippen LogP contribution in [0.25, 0.3) is 10.9 Å². The standard InChI is InChI=1S/C27H28N2O5/c1-26(2,31)34-11-3-10-33-18-5-7-19-21(15-18)27(8-12-32-13-9-27)25-23(24(19)30)20-6-4-17(16-28)14-22(20)29-25/h4-7,14-15,29,31H,3,8-13H2,1-2H3. The van der Waals surface area contributed by atoms with Gasteiger partial charge in [-0.1, -0.05) is 6.07 Å². The number of hydrogen-bond donors (Lipinski definition) is 2. The van der Waals surface area contributed by atoms with Crippen LogP contribution in [0.15, 0.2) is 36.4 Å². The zero-order chi connectivity index (χ0) is 23.9. The Labute approximate surface area is 198 Å². The molecule has 34 heavy (non-hydrogen) atoms. The SMILES string of the molecule is CC(C)(O)OCCCOc1ccc2c(c1)C1(CCOCC1)c1[nH]c3cc(C#N)ccc3c1C2=O. The fourth-order valence-corrected chi connectivity index (χ4v) is 5.15. The van der Waals surface area contributed by atoms with E-state index >= 15 is 0 Å². The van der Waals surface area contributed by atoms with Crippen molar-refractivity contribution in [3.05, 3.63) is 64.3 Å². The number of fused-ring (bicyclic) bond motifs is 6. The van der Waals surface area contributed by atoms with Crippen LogP contribution in [0, 0.1) is 11.3 Å². The van der Waals surface area contributed by atoms with E-state index in [0.29, 0.717) is 55.3 Å². The first-order valence-corrected chi connectivity index (χ1v) is 11.6. The lowest BCUT2D eigenvalue weighted by Crippen LogP contribution is -2.40. The summed E-state index contributed by atoms with van der Waals surface area (Å²) in [4.78, 5) is 17.2. The molecule has 5 rings (SSSR count). The van der Waals surface area contributed by atoms with Crippen LogP contribution in [0.2, 0.25) is 0 Å².